The molecule has 0 aromatic heterocycles. The van der Waals surface area contributed by atoms with Gasteiger partial charge in [-0.05, 0) is 30.7 Å². The molecule has 1 amide bonds. The molecule has 116 valence electrons. The standard InChI is InChI=1S/C15H22N2O4/c1-19-7-6-17-15(18)11-16-5-4-12-2-3-13-14(10-12)21-9-8-20-13/h2-3,10,16H,4-9,11H2,1H3,(H,17,18). The molecule has 1 heterocycles. The summed E-state index contributed by atoms with van der Waals surface area (Å²) in [5.74, 6) is 1.58. The second kappa shape index (κ2) is 8.49. The van der Waals surface area contributed by atoms with E-state index in [1.807, 2.05) is 18.2 Å². The van der Waals surface area contributed by atoms with E-state index in [4.69, 9.17) is 14.2 Å². The summed E-state index contributed by atoms with van der Waals surface area (Å²) >= 11 is 0. The lowest BCUT2D eigenvalue weighted by molar-refractivity contribution is -0.120. The van der Waals surface area contributed by atoms with Crippen molar-refractivity contribution in [3.05, 3.63) is 23.8 Å². The number of hydrogen-bond acceptors (Lipinski definition) is 5. The Morgan fingerprint density at radius 1 is 1.24 bits per heavy atom. The van der Waals surface area contributed by atoms with Gasteiger partial charge in [-0.2, -0.15) is 0 Å². The zero-order valence-electron chi connectivity index (χ0n) is 12.3. The molecule has 0 radical (unpaired) electrons. The maximum atomic E-state index is 11.5. The van der Waals surface area contributed by atoms with Crippen molar-refractivity contribution in [2.45, 2.75) is 6.42 Å². The molecule has 2 rings (SSSR count). The molecule has 21 heavy (non-hydrogen) atoms. The van der Waals surface area contributed by atoms with Crippen molar-refractivity contribution in [1.29, 1.82) is 0 Å². The zero-order chi connectivity index (χ0) is 14.9. The summed E-state index contributed by atoms with van der Waals surface area (Å²) < 4.78 is 15.9. The molecule has 0 saturated heterocycles. The van der Waals surface area contributed by atoms with Crippen LogP contribution in [0.15, 0.2) is 18.2 Å². The lowest BCUT2D eigenvalue weighted by atomic mass is 10.1. The molecule has 0 aliphatic carbocycles. The van der Waals surface area contributed by atoms with E-state index in [0.717, 1.165) is 30.0 Å². The Morgan fingerprint density at radius 2 is 2.05 bits per heavy atom. The molecule has 0 spiro atoms. The van der Waals surface area contributed by atoms with Gasteiger partial charge < -0.3 is 24.8 Å². The minimum absolute atomic E-state index is 0.0192. The van der Waals surface area contributed by atoms with Crippen LogP contribution < -0.4 is 20.1 Å². The lowest BCUT2D eigenvalue weighted by Gasteiger charge is -2.18. The first-order chi connectivity index (χ1) is 10.3. The number of methoxy groups -OCH3 is 1. The molecule has 1 aliphatic rings. The van der Waals surface area contributed by atoms with Gasteiger partial charge in [0.15, 0.2) is 11.5 Å². The molecule has 1 aliphatic heterocycles. The highest BCUT2D eigenvalue weighted by Crippen LogP contribution is 2.30. The van der Waals surface area contributed by atoms with Gasteiger partial charge in [-0.15, -0.1) is 0 Å². The minimum Gasteiger partial charge on any atom is -0.486 e. The normalized spacial score (nSPS) is 13.0. The summed E-state index contributed by atoms with van der Waals surface area (Å²) in [7, 11) is 1.61. The summed E-state index contributed by atoms with van der Waals surface area (Å²) in [4.78, 5) is 11.5. The van der Waals surface area contributed by atoms with Crippen LogP contribution in [0.2, 0.25) is 0 Å². The number of ether oxygens (including phenoxy) is 3. The van der Waals surface area contributed by atoms with Crippen molar-refractivity contribution in [2.24, 2.45) is 0 Å². The quantitative estimate of drug-likeness (QED) is 0.677. The van der Waals surface area contributed by atoms with Gasteiger partial charge in [0.1, 0.15) is 13.2 Å². The van der Waals surface area contributed by atoms with Gasteiger partial charge in [0, 0.05) is 13.7 Å². The fraction of sp³-hybridized carbons (Fsp3) is 0.533. The van der Waals surface area contributed by atoms with Crippen molar-refractivity contribution in [2.75, 3.05) is 46.6 Å². The number of nitrogens with one attached hydrogen (secondary N) is 2. The summed E-state index contributed by atoms with van der Waals surface area (Å²) in [6, 6.07) is 5.95. The zero-order valence-corrected chi connectivity index (χ0v) is 12.3. The minimum atomic E-state index is -0.0192. The van der Waals surface area contributed by atoms with Crippen molar-refractivity contribution in [3.63, 3.8) is 0 Å². The highest BCUT2D eigenvalue weighted by molar-refractivity contribution is 5.77. The van der Waals surface area contributed by atoms with Crippen LogP contribution in [0.1, 0.15) is 5.56 Å². The van der Waals surface area contributed by atoms with Crippen LogP contribution >= 0.6 is 0 Å². The Bertz CT molecular complexity index is 465. The van der Waals surface area contributed by atoms with E-state index in [9.17, 15) is 4.79 Å². The Balaban J connectivity index is 1.65. The molecule has 0 fully saturated rings. The molecule has 2 N–H and O–H groups in total. The van der Waals surface area contributed by atoms with Crippen LogP contribution in [0.3, 0.4) is 0 Å². The van der Waals surface area contributed by atoms with E-state index < -0.39 is 0 Å². The Kier molecular flexibility index (Phi) is 6.30. The van der Waals surface area contributed by atoms with Gasteiger partial charge in [-0.1, -0.05) is 6.07 Å². The Morgan fingerprint density at radius 3 is 2.86 bits per heavy atom. The molecular formula is C15H22N2O4. The largest absolute Gasteiger partial charge is 0.486 e. The molecule has 1 aromatic carbocycles. The molecule has 6 nitrogen and oxygen atoms in total. The molecule has 0 bridgehead atoms. The van der Waals surface area contributed by atoms with Gasteiger partial charge in [0.2, 0.25) is 5.91 Å². The van der Waals surface area contributed by atoms with E-state index in [1.165, 1.54) is 0 Å². The number of amides is 1. The molecule has 6 heteroatoms. The van der Waals surface area contributed by atoms with Crippen molar-refractivity contribution in [1.82, 2.24) is 10.6 Å². The summed E-state index contributed by atoms with van der Waals surface area (Å²) in [6.45, 7) is 3.32. The van der Waals surface area contributed by atoms with E-state index in [2.05, 4.69) is 10.6 Å². The van der Waals surface area contributed by atoms with Crippen LogP contribution in [-0.2, 0) is 16.0 Å². The number of carbonyl (C=O) groups excluding carboxylic acids is 1. The van der Waals surface area contributed by atoms with Crippen LogP contribution in [0.25, 0.3) is 0 Å². The summed E-state index contributed by atoms with van der Waals surface area (Å²) in [5.41, 5.74) is 1.16. The van der Waals surface area contributed by atoms with Crippen LogP contribution in [0.4, 0.5) is 0 Å². The average Bonchev–Trinajstić information content (AvgIpc) is 2.52. The first-order valence-corrected chi connectivity index (χ1v) is 7.14. The van der Waals surface area contributed by atoms with Crippen LogP contribution in [0.5, 0.6) is 11.5 Å². The second-order valence-corrected chi connectivity index (χ2v) is 4.75. The Hall–Kier alpha value is -1.79. The number of rotatable bonds is 8. The van der Waals surface area contributed by atoms with Crippen LogP contribution in [0, 0.1) is 0 Å². The number of hydrogen-bond donors (Lipinski definition) is 2. The number of carbonyl (C=O) groups is 1. The van der Waals surface area contributed by atoms with Crippen LogP contribution in [-0.4, -0.2) is 52.5 Å². The fourth-order valence-corrected chi connectivity index (χ4v) is 2.03. The lowest BCUT2D eigenvalue weighted by Crippen LogP contribution is -2.36. The predicted octanol–water partition coefficient (Wildman–Crippen LogP) is 0.353. The molecule has 0 saturated carbocycles. The second-order valence-electron chi connectivity index (χ2n) is 4.75. The SMILES string of the molecule is COCCNC(=O)CNCCc1ccc2c(c1)OCCO2. The van der Waals surface area contributed by atoms with Crippen molar-refractivity contribution >= 4 is 5.91 Å². The fourth-order valence-electron chi connectivity index (χ4n) is 2.03. The molecular weight excluding hydrogens is 272 g/mol. The van der Waals surface area contributed by atoms with Gasteiger partial charge >= 0.3 is 0 Å². The summed E-state index contributed by atoms with van der Waals surface area (Å²) in [6.07, 6.45) is 0.835. The first kappa shape index (κ1) is 15.6. The molecule has 0 atom stereocenters. The molecule has 0 unspecified atom stereocenters. The third-order valence-electron chi connectivity index (χ3n) is 3.11. The highest BCUT2D eigenvalue weighted by atomic mass is 16.6. The number of benzene rings is 1. The van der Waals surface area contributed by atoms with Gasteiger partial charge in [0.25, 0.3) is 0 Å². The predicted molar refractivity (Wildman–Crippen MR) is 78.9 cm³/mol. The highest BCUT2D eigenvalue weighted by Gasteiger charge is 2.11. The summed E-state index contributed by atoms with van der Waals surface area (Å²) in [5, 5.41) is 5.88. The third-order valence-corrected chi connectivity index (χ3v) is 3.11. The van der Waals surface area contributed by atoms with Crippen molar-refractivity contribution < 1.29 is 19.0 Å². The third kappa shape index (κ3) is 5.24. The maximum absolute atomic E-state index is 11.5. The topological polar surface area (TPSA) is 68.8 Å². The van der Waals surface area contributed by atoms with E-state index >= 15 is 0 Å². The van der Waals surface area contributed by atoms with Gasteiger partial charge in [0.05, 0.1) is 13.2 Å². The molecule has 1 aromatic rings. The maximum Gasteiger partial charge on any atom is 0.234 e. The number of fused-ring (bicyclic) bond motifs is 1. The van der Waals surface area contributed by atoms with Gasteiger partial charge in [-0.25, -0.2) is 0 Å². The Labute approximate surface area is 124 Å². The van der Waals surface area contributed by atoms with E-state index in [0.29, 0.717) is 32.9 Å². The average molecular weight is 294 g/mol. The van der Waals surface area contributed by atoms with Gasteiger partial charge in [-0.3, -0.25) is 4.79 Å². The smallest absolute Gasteiger partial charge is 0.234 e. The van der Waals surface area contributed by atoms with Crippen molar-refractivity contribution in [3.8, 4) is 11.5 Å². The van der Waals surface area contributed by atoms with E-state index in [-0.39, 0.29) is 5.91 Å². The first-order valence-electron chi connectivity index (χ1n) is 7.14. The monoisotopic (exact) mass is 294 g/mol. The van der Waals surface area contributed by atoms with E-state index in [1.54, 1.807) is 7.11 Å².